The number of esters is 2. The number of likely N-dealkylation sites (N-methyl/N-ethyl adjacent to an activating group) is 1. The molecule has 0 radical (unpaired) electrons. The maximum Gasteiger partial charge on any atom is 0.354 e. The van der Waals surface area contributed by atoms with Crippen molar-refractivity contribution in [1.82, 2.24) is 14.5 Å². The fourth-order valence-electron chi connectivity index (χ4n) is 5.17. The lowest BCUT2D eigenvalue weighted by Crippen LogP contribution is -2.44. The van der Waals surface area contributed by atoms with Crippen molar-refractivity contribution in [2.75, 3.05) is 13.7 Å². The molecule has 5 rings (SSSR count). The third-order valence-electron chi connectivity index (χ3n) is 7.22. The average Bonchev–Trinajstić information content (AvgIpc) is 3.26. The number of aromatic nitrogens is 2. The molecule has 0 unspecified atom stereocenters. The summed E-state index contributed by atoms with van der Waals surface area (Å²) in [6.45, 7) is 5.21. The Morgan fingerprint density at radius 3 is 2.66 bits per heavy atom. The number of cyclic esters (lactones) is 1. The van der Waals surface area contributed by atoms with E-state index < -0.39 is 17.5 Å². The number of hydrogen-bond acceptors (Lipinski definition) is 8. The van der Waals surface area contributed by atoms with Crippen LogP contribution in [-0.2, 0) is 42.6 Å². The number of carbonyl (C=O) groups is 3. The van der Waals surface area contributed by atoms with Crippen molar-refractivity contribution in [3.8, 4) is 11.4 Å². The van der Waals surface area contributed by atoms with Crippen molar-refractivity contribution in [2.45, 2.75) is 45.9 Å². The van der Waals surface area contributed by atoms with Crippen molar-refractivity contribution >= 4 is 34.8 Å². The van der Waals surface area contributed by atoms with Crippen LogP contribution in [0.2, 0.25) is 0 Å². The number of ether oxygens (including phenoxy) is 2. The molecule has 4 heterocycles. The Kier molecular flexibility index (Phi) is 6.15. The number of benzene rings is 1. The van der Waals surface area contributed by atoms with Gasteiger partial charge < -0.3 is 24.0 Å². The van der Waals surface area contributed by atoms with Crippen molar-refractivity contribution in [1.29, 1.82) is 0 Å². The predicted octanol–water partition coefficient (Wildman–Crippen LogP) is 2.46. The smallest absolute Gasteiger partial charge is 0.354 e. The van der Waals surface area contributed by atoms with E-state index >= 15 is 0 Å². The van der Waals surface area contributed by atoms with Crippen LogP contribution in [-0.4, -0.2) is 51.1 Å². The highest BCUT2D eigenvalue weighted by Gasteiger charge is 2.45. The van der Waals surface area contributed by atoms with E-state index in [9.17, 15) is 24.3 Å². The molecule has 1 amide bonds. The number of hydrogen-bond donors (Lipinski definition) is 1. The summed E-state index contributed by atoms with van der Waals surface area (Å²) in [5.41, 5.74) is 1.72. The molecule has 0 bridgehead atoms. The average molecular weight is 518 g/mol. The SMILES string of the molecule is CCN(C(C)=O)/C(=C/c1ccc2nc3c(cc2c1)Cn1c-3cc2c(c1=O)COC(=O)[C@]2(O)CC)C(=O)OC. The first-order valence-corrected chi connectivity index (χ1v) is 12.3. The van der Waals surface area contributed by atoms with Gasteiger partial charge in [-0.15, -0.1) is 0 Å². The summed E-state index contributed by atoms with van der Waals surface area (Å²) < 4.78 is 11.6. The number of methoxy groups -OCH3 is 1. The van der Waals surface area contributed by atoms with Crippen LogP contribution < -0.4 is 5.56 Å². The number of amides is 1. The van der Waals surface area contributed by atoms with Gasteiger partial charge in [0.25, 0.3) is 5.56 Å². The molecular formula is C28H27N3O7. The first kappa shape index (κ1) is 25.3. The molecule has 0 saturated carbocycles. The molecular weight excluding hydrogens is 490 g/mol. The van der Waals surface area contributed by atoms with Gasteiger partial charge in [-0.25, -0.2) is 14.6 Å². The van der Waals surface area contributed by atoms with Crippen LogP contribution in [0.3, 0.4) is 0 Å². The maximum atomic E-state index is 13.3. The quantitative estimate of drug-likeness (QED) is 0.316. The van der Waals surface area contributed by atoms with Gasteiger partial charge in [0, 0.05) is 30.0 Å². The van der Waals surface area contributed by atoms with E-state index in [2.05, 4.69) is 0 Å². The van der Waals surface area contributed by atoms with Crippen LogP contribution in [0.1, 0.15) is 49.4 Å². The van der Waals surface area contributed by atoms with E-state index in [0.717, 1.165) is 10.9 Å². The van der Waals surface area contributed by atoms with Gasteiger partial charge >= 0.3 is 11.9 Å². The van der Waals surface area contributed by atoms with Gasteiger partial charge in [-0.3, -0.25) is 9.59 Å². The molecule has 38 heavy (non-hydrogen) atoms. The highest BCUT2D eigenvalue weighted by molar-refractivity contribution is 5.98. The minimum absolute atomic E-state index is 0.0721. The Morgan fingerprint density at radius 2 is 2.00 bits per heavy atom. The zero-order chi connectivity index (χ0) is 27.4. The van der Waals surface area contributed by atoms with Gasteiger partial charge in [0.2, 0.25) is 5.91 Å². The van der Waals surface area contributed by atoms with E-state index in [4.69, 9.17) is 14.5 Å². The van der Waals surface area contributed by atoms with E-state index in [1.807, 2.05) is 12.1 Å². The second-order valence-electron chi connectivity index (χ2n) is 9.34. The highest BCUT2D eigenvalue weighted by Crippen LogP contribution is 2.38. The molecule has 0 fully saturated rings. The number of rotatable bonds is 5. The van der Waals surface area contributed by atoms with E-state index in [1.165, 1.54) is 18.9 Å². The first-order valence-electron chi connectivity index (χ1n) is 12.3. The van der Waals surface area contributed by atoms with Crippen LogP contribution in [0.4, 0.5) is 0 Å². The second-order valence-corrected chi connectivity index (χ2v) is 9.34. The van der Waals surface area contributed by atoms with Gasteiger partial charge in [-0.2, -0.15) is 0 Å². The van der Waals surface area contributed by atoms with Gasteiger partial charge in [0.05, 0.1) is 36.1 Å². The van der Waals surface area contributed by atoms with Crippen LogP contribution >= 0.6 is 0 Å². The number of nitrogens with zero attached hydrogens (tertiary/aromatic N) is 3. The molecule has 0 spiro atoms. The molecule has 1 aromatic carbocycles. The summed E-state index contributed by atoms with van der Waals surface area (Å²) in [4.78, 5) is 56.3. The highest BCUT2D eigenvalue weighted by atomic mass is 16.6. The molecule has 10 nitrogen and oxygen atoms in total. The van der Waals surface area contributed by atoms with Gasteiger partial charge in [0.15, 0.2) is 5.60 Å². The lowest BCUT2D eigenvalue weighted by atomic mass is 9.86. The number of fused-ring (bicyclic) bond motifs is 5. The van der Waals surface area contributed by atoms with Crippen molar-refractivity contribution in [3.05, 3.63) is 68.6 Å². The Bertz CT molecular complexity index is 1620. The normalized spacial score (nSPS) is 17.9. The lowest BCUT2D eigenvalue weighted by Gasteiger charge is -2.31. The van der Waals surface area contributed by atoms with E-state index in [0.29, 0.717) is 29.0 Å². The Labute approximate surface area is 218 Å². The molecule has 0 saturated heterocycles. The number of carbonyl (C=O) groups excluding carboxylic acids is 3. The summed E-state index contributed by atoms with van der Waals surface area (Å²) in [7, 11) is 1.26. The lowest BCUT2D eigenvalue weighted by molar-refractivity contribution is -0.172. The molecule has 1 atom stereocenters. The molecule has 2 aliphatic heterocycles. The van der Waals surface area contributed by atoms with E-state index in [-0.39, 0.29) is 47.9 Å². The Morgan fingerprint density at radius 1 is 1.24 bits per heavy atom. The zero-order valence-corrected chi connectivity index (χ0v) is 21.5. The van der Waals surface area contributed by atoms with E-state index in [1.54, 1.807) is 42.7 Å². The first-order chi connectivity index (χ1) is 18.1. The fraction of sp³-hybridized carbons (Fsp3) is 0.321. The maximum absolute atomic E-state index is 13.3. The monoisotopic (exact) mass is 517 g/mol. The molecule has 3 aromatic rings. The van der Waals surface area contributed by atoms with Crippen molar-refractivity contribution in [2.24, 2.45) is 0 Å². The summed E-state index contributed by atoms with van der Waals surface area (Å²) in [5, 5.41) is 11.8. The number of pyridine rings is 2. The molecule has 10 heteroatoms. The van der Waals surface area contributed by atoms with Crippen LogP contribution in [0.25, 0.3) is 28.4 Å². The minimum Gasteiger partial charge on any atom is -0.464 e. The van der Waals surface area contributed by atoms with Crippen molar-refractivity contribution in [3.63, 3.8) is 0 Å². The molecule has 196 valence electrons. The largest absolute Gasteiger partial charge is 0.464 e. The van der Waals surface area contributed by atoms with Crippen LogP contribution in [0, 0.1) is 0 Å². The summed E-state index contributed by atoms with van der Waals surface area (Å²) in [6.07, 6.45) is 1.67. The third kappa shape index (κ3) is 3.79. The standard InChI is InChI=1S/C28H27N3O7/c1-5-28(36)20-12-22-24-18(13-31(22)25(33)19(20)14-38-27(28)35)11-17-9-16(7-8-21(17)29-24)10-23(26(34)37-4)30(6-2)15(3)32/h7-12,36H,5-6,13-14H2,1-4H3/b23-10+/t28-/m0/s1. The molecule has 2 aliphatic rings. The number of aliphatic hydroxyl groups is 1. The molecule has 0 aliphatic carbocycles. The zero-order valence-electron chi connectivity index (χ0n) is 21.5. The van der Waals surface area contributed by atoms with Gasteiger partial charge in [0.1, 0.15) is 12.3 Å². The van der Waals surface area contributed by atoms with Crippen LogP contribution in [0.15, 0.2) is 40.8 Å². The Hall–Kier alpha value is -4.31. The van der Waals surface area contributed by atoms with Crippen LogP contribution in [0.5, 0.6) is 0 Å². The summed E-state index contributed by atoms with van der Waals surface area (Å²) in [6, 6.07) is 9.01. The topological polar surface area (TPSA) is 128 Å². The second kappa shape index (κ2) is 9.21. The molecule has 2 aromatic heterocycles. The molecule has 1 N–H and O–H groups in total. The van der Waals surface area contributed by atoms with Gasteiger partial charge in [-0.1, -0.05) is 13.0 Å². The van der Waals surface area contributed by atoms with Gasteiger partial charge in [-0.05, 0) is 49.2 Å². The summed E-state index contributed by atoms with van der Waals surface area (Å²) in [5.74, 6) is -1.67. The minimum atomic E-state index is -1.88. The predicted molar refractivity (Wildman–Crippen MR) is 138 cm³/mol. The Balaban J connectivity index is 1.62. The van der Waals surface area contributed by atoms with Crippen molar-refractivity contribution < 1.29 is 29.0 Å². The third-order valence-corrected chi connectivity index (χ3v) is 7.22. The fourth-order valence-corrected chi connectivity index (χ4v) is 5.17. The summed E-state index contributed by atoms with van der Waals surface area (Å²) >= 11 is 0.